The fourth-order valence-corrected chi connectivity index (χ4v) is 4.16. The molecule has 0 spiro atoms. The first-order valence-corrected chi connectivity index (χ1v) is 9.16. The summed E-state index contributed by atoms with van der Waals surface area (Å²) < 4.78 is 11.0. The van der Waals surface area contributed by atoms with Gasteiger partial charge in [0.15, 0.2) is 5.17 Å². The van der Waals surface area contributed by atoms with Crippen LogP contribution >= 0.6 is 11.8 Å². The quantitative estimate of drug-likeness (QED) is 0.586. The van der Waals surface area contributed by atoms with Gasteiger partial charge in [-0.15, -0.1) is 0 Å². The molecule has 0 radical (unpaired) electrons. The lowest BCUT2D eigenvalue weighted by Gasteiger charge is -2.40. The molecule has 6 atom stereocenters. The number of aliphatic imine (C=N–C) groups is 1. The van der Waals surface area contributed by atoms with Crippen LogP contribution in [0.25, 0.3) is 0 Å². The van der Waals surface area contributed by atoms with Crippen molar-refractivity contribution in [3.63, 3.8) is 0 Å². The van der Waals surface area contributed by atoms with Gasteiger partial charge in [0.25, 0.3) is 0 Å². The predicted octanol–water partition coefficient (Wildman–Crippen LogP) is 0.126. The molecule has 2 heterocycles. The summed E-state index contributed by atoms with van der Waals surface area (Å²) in [4.78, 5) is 4.30. The molecule has 138 valence electrons. The Morgan fingerprint density at radius 2 is 2.00 bits per heavy atom. The first kappa shape index (κ1) is 18.5. The molecule has 0 amide bonds. The summed E-state index contributed by atoms with van der Waals surface area (Å²) in [6.07, 6.45) is -2.90. The smallest absolute Gasteiger partial charge is 0.159 e. The fourth-order valence-electron chi connectivity index (χ4n) is 3.10. The normalized spacial score (nSPS) is 32.7. The minimum Gasteiger partial charge on any atom is -0.497 e. The molecule has 7 nitrogen and oxygen atoms in total. The Bertz CT molecular complexity index is 612. The van der Waals surface area contributed by atoms with Crippen LogP contribution in [0, 0.1) is 0 Å². The SMILES string of the molecule is CNC1=N[C@@H]2[C@@H](O)[C@H](O)[C@@H]([C@@H](O)CCc3ccc(OC)cc3)O[C@@H]2S1. The molecule has 1 aromatic rings. The van der Waals surface area contributed by atoms with Crippen molar-refractivity contribution in [2.24, 2.45) is 4.99 Å². The first-order valence-electron chi connectivity index (χ1n) is 8.28. The minimum atomic E-state index is -1.17. The number of fused-ring (bicyclic) bond motifs is 1. The second-order valence-electron chi connectivity index (χ2n) is 6.20. The zero-order chi connectivity index (χ0) is 18.0. The first-order chi connectivity index (χ1) is 12.0. The van der Waals surface area contributed by atoms with E-state index >= 15 is 0 Å². The van der Waals surface area contributed by atoms with Gasteiger partial charge in [0, 0.05) is 7.05 Å². The zero-order valence-electron chi connectivity index (χ0n) is 14.2. The number of aryl methyl sites for hydroxylation is 1. The summed E-state index contributed by atoms with van der Waals surface area (Å²) in [6.45, 7) is 0. The number of hydrogen-bond donors (Lipinski definition) is 4. The zero-order valence-corrected chi connectivity index (χ0v) is 15.0. The summed E-state index contributed by atoms with van der Waals surface area (Å²) in [5.41, 5.74) is 0.654. The van der Waals surface area contributed by atoms with Crippen molar-refractivity contribution >= 4 is 16.9 Å². The number of nitrogens with zero attached hydrogens (tertiary/aromatic N) is 1. The van der Waals surface area contributed by atoms with E-state index in [1.54, 1.807) is 14.2 Å². The lowest BCUT2D eigenvalue weighted by molar-refractivity contribution is -0.185. The number of aliphatic hydroxyl groups is 3. The van der Waals surface area contributed by atoms with Crippen LogP contribution in [0.4, 0.5) is 0 Å². The molecule has 1 fully saturated rings. The molecule has 0 aliphatic carbocycles. The van der Waals surface area contributed by atoms with Gasteiger partial charge in [-0.3, -0.25) is 4.99 Å². The molecule has 2 aliphatic heterocycles. The number of nitrogens with one attached hydrogen (secondary N) is 1. The Morgan fingerprint density at radius 3 is 2.64 bits per heavy atom. The lowest BCUT2D eigenvalue weighted by atomic mass is 9.92. The lowest BCUT2D eigenvalue weighted by Crippen LogP contribution is -2.58. The number of thioether (sulfide) groups is 1. The average Bonchev–Trinajstić information content (AvgIpc) is 3.06. The predicted molar refractivity (Wildman–Crippen MR) is 95.9 cm³/mol. The summed E-state index contributed by atoms with van der Waals surface area (Å²) >= 11 is 1.36. The highest BCUT2D eigenvalue weighted by atomic mass is 32.2. The maximum absolute atomic E-state index is 10.5. The van der Waals surface area contributed by atoms with E-state index in [2.05, 4.69) is 10.3 Å². The van der Waals surface area contributed by atoms with Crippen molar-refractivity contribution in [2.45, 2.75) is 48.7 Å². The monoisotopic (exact) mass is 368 g/mol. The van der Waals surface area contributed by atoms with Crippen molar-refractivity contribution in [2.75, 3.05) is 14.2 Å². The Labute approximate surface area is 151 Å². The van der Waals surface area contributed by atoms with E-state index in [4.69, 9.17) is 9.47 Å². The number of benzene rings is 1. The number of ether oxygens (including phenoxy) is 2. The Balaban J connectivity index is 1.59. The third kappa shape index (κ3) is 3.93. The summed E-state index contributed by atoms with van der Waals surface area (Å²) in [5.74, 6) is 0.781. The molecule has 2 aliphatic rings. The van der Waals surface area contributed by atoms with Gasteiger partial charge in [0.2, 0.25) is 0 Å². The molecule has 0 aromatic heterocycles. The van der Waals surface area contributed by atoms with Crippen LogP contribution in [-0.4, -0.2) is 70.5 Å². The van der Waals surface area contributed by atoms with E-state index in [0.717, 1.165) is 11.3 Å². The number of amidine groups is 1. The largest absolute Gasteiger partial charge is 0.497 e. The Kier molecular flexibility index (Phi) is 5.85. The Hall–Kier alpha value is -1.32. The second-order valence-corrected chi connectivity index (χ2v) is 7.28. The highest BCUT2D eigenvalue weighted by Crippen LogP contribution is 2.37. The van der Waals surface area contributed by atoms with Crippen molar-refractivity contribution in [1.82, 2.24) is 5.32 Å². The van der Waals surface area contributed by atoms with Gasteiger partial charge < -0.3 is 30.1 Å². The third-order valence-corrected chi connectivity index (χ3v) is 5.74. The van der Waals surface area contributed by atoms with Gasteiger partial charge in [0.1, 0.15) is 35.5 Å². The third-order valence-electron chi connectivity index (χ3n) is 4.58. The molecule has 8 heteroatoms. The molecular weight excluding hydrogens is 344 g/mol. The summed E-state index contributed by atoms with van der Waals surface area (Å²) in [7, 11) is 3.36. The molecule has 4 N–H and O–H groups in total. The van der Waals surface area contributed by atoms with Crippen molar-refractivity contribution in [3.8, 4) is 5.75 Å². The van der Waals surface area contributed by atoms with Gasteiger partial charge in [-0.1, -0.05) is 23.9 Å². The van der Waals surface area contributed by atoms with Crippen molar-refractivity contribution in [3.05, 3.63) is 29.8 Å². The standard InChI is InChI=1S/C17H24N2O5S/c1-18-17-19-12-13(21)14(22)15(24-16(12)25-17)11(20)8-5-9-3-6-10(23-2)7-4-9/h3-4,6-7,11-16,20-22H,5,8H2,1-2H3,(H,18,19)/t11-,12+,13+,14-,15+,16+/m0/s1. The fraction of sp³-hybridized carbons (Fsp3) is 0.588. The summed E-state index contributed by atoms with van der Waals surface area (Å²) in [5, 5.41) is 34.7. The molecule has 0 bridgehead atoms. The van der Waals surface area contributed by atoms with Crippen LogP contribution in [0.2, 0.25) is 0 Å². The van der Waals surface area contributed by atoms with Crippen LogP contribution in [0.3, 0.4) is 0 Å². The van der Waals surface area contributed by atoms with Crippen molar-refractivity contribution in [1.29, 1.82) is 0 Å². The number of methoxy groups -OCH3 is 1. The molecule has 0 unspecified atom stereocenters. The summed E-state index contributed by atoms with van der Waals surface area (Å²) in [6, 6.07) is 7.09. The highest BCUT2D eigenvalue weighted by Gasteiger charge is 2.49. The molecule has 1 saturated heterocycles. The molecule has 0 saturated carbocycles. The van der Waals surface area contributed by atoms with Crippen molar-refractivity contribution < 1.29 is 24.8 Å². The van der Waals surface area contributed by atoms with E-state index in [9.17, 15) is 15.3 Å². The van der Waals surface area contributed by atoms with Gasteiger partial charge >= 0.3 is 0 Å². The van der Waals surface area contributed by atoms with Gasteiger partial charge in [-0.25, -0.2) is 0 Å². The van der Waals surface area contributed by atoms with Gasteiger partial charge in [-0.2, -0.15) is 0 Å². The van der Waals surface area contributed by atoms with E-state index in [1.807, 2.05) is 24.3 Å². The van der Waals surface area contributed by atoms with Gasteiger partial charge in [-0.05, 0) is 30.5 Å². The molecular formula is C17H24N2O5S. The van der Waals surface area contributed by atoms with Gasteiger partial charge in [0.05, 0.1) is 13.2 Å². The van der Waals surface area contributed by atoms with E-state index in [1.165, 1.54) is 11.8 Å². The maximum atomic E-state index is 10.5. The van der Waals surface area contributed by atoms with Crippen LogP contribution in [-0.2, 0) is 11.2 Å². The number of rotatable bonds is 5. The molecule has 3 rings (SSSR count). The number of aliphatic hydroxyl groups excluding tert-OH is 3. The topological polar surface area (TPSA) is 104 Å². The van der Waals surface area contributed by atoms with Crippen LogP contribution < -0.4 is 10.1 Å². The highest BCUT2D eigenvalue weighted by molar-refractivity contribution is 8.14. The van der Waals surface area contributed by atoms with Crippen LogP contribution in [0.15, 0.2) is 29.3 Å². The van der Waals surface area contributed by atoms with Crippen LogP contribution in [0.5, 0.6) is 5.75 Å². The number of hydrogen-bond acceptors (Lipinski definition) is 8. The molecule has 1 aromatic carbocycles. The van der Waals surface area contributed by atoms with E-state index in [-0.39, 0.29) is 0 Å². The van der Waals surface area contributed by atoms with E-state index in [0.29, 0.717) is 18.0 Å². The minimum absolute atomic E-state index is 0.401. The van der Waals surface area contributed by atoms with Crippen LogP contribution in [0.1, 0.15) is 12.0 Å². The Morgan fingerprint density at radius 1 is 1.28 bits per heavy atom. The second kappa shape index (κ2) is 7.92. The van der Waals surface area contributed by atoms with E-state index < -0.39 is 35.9 Å². The maximum Gasteiger partial charge on any atom is 0.159 e. The average molecular weight is 368 g/mol. The molecule has 25 heavy (non-hydrogen) atoms.